The molecule has 1 aliphatic heterocycles. The average Bonchev–Trinajstić information content (AvgIpc) is 2.59. The van der Waals surface area contributed by atoms with Gasteiger partial charge in [-0.1, -0.05) is 6.07 Å². The molecule has 2 aromatic rings. The van der Waals surface area contributed by atoms with E-state index in [1.807, 2.05) is 26.0 Å². The van der Waals surface area contributed by atoms with Gasteiger partial charge in [-0.05, 0) is 68.9 Å². The van der Waals surface area contributed by atoms with Crippen molar-refractivity contribution in [1.29, 1.82) is 0 Å². The Balaban J connectivity index is 1.59. The lowest BCUT2D eigenvalue weighted by Crippen LogP contribution is -2.36. The van der Waals surface area contributed by atoms with Crippen molar-refractivity contribution >= 4 is 11.4 Å². The summed E-state index contributed by atoms with van der Waals surface area (Å²) in [4.78, 5) is 1.80. The Morgan fingerprint density at radius 3 is 2.31 bits per heavy atom. The van der Waals surface area contributed by atoms with Crippen molar-refractivity contribution in [2.24, 2.45) is 5.92 Å². The second kappa shape index (κ2) is 7.52. The Labute approximate surface area is 153 Å². The van der Waals surface area contributed by atoms with E-state index < -0.39 is 11.6 Å². The Kier molecular flexibility index (Phi) is 5.35. The van der Waals surface area contributed by atoms with Crippen LogP contribution in [0.5, 0.6) is 5.75 Å². The average molecular weight is 360 g/mol. The maximum atomic E-state index is 14.2. The largest absolute Gasteiger partial charge is 0.493 e. The highest BCUT2D eigenvalue weighted by Crippen LogP contribution is 2.31. The lowest BCUT2D eigenvalue weighted by Gasteiger charge is -2.34. The van der Waals surface area contributed by atoms with E-state index >= 15 is 0 Å². The third-order valence-electron chi connectivity index (χ3n) is 5.25. The molecular weight excluding hydrogens is 334 g/mol. The van der Waals surface area contributed by atoms with Crippen LogP contribution in [-0.2, 0) is 0 Å². The smallest absolute Gasteiger partial charge is 0.149 e. The Morgan fingerprint density at radius 1 is 1.08 bits per heavy atom. The zero-order valence-corrected chi connectivity index (χ0v) is 15.6. The molecule has 0 radical (unpaired) electrons. The predicted molar refractivity (Wildman–Crippen MR) is 102 cm³/mol. The van der Waals surface area contributed by atoms with Crippen LogP contribution >= 0.6 is 0 Å². The minimum absolute atomic E-state index is 0.0946. The van der Waals surface area contributed by atoms with Gasteiger partial charge >= 0.3 is 0 Å². The molecule has 0 atom stereocenters. The van der Waals surface area contributed by atoms with E-state index in [1.165, 1.54) is 12.1 Å². The molecule has 26 heavy (non-hydrogen) atoms. The quantitative estimate of drug-likeness (QED) is 0.799. The maximum absolute atomic E-state index is 14.2. The van der Waals surface area contributed by atoms with Crippen molar-refractivity contribution in [3.8, 4) is 5.75 Å². The molecule has 140 valence electrons. The fourth-order valence-electron chi connectivity index (χ4n) is 3.53. The van der Waals surface area contributed by atoms with Crippen LogP contribution in [0.3, 0.4) is 0 Å². The first-order valence-corrected chi connectivity index (χ1v) is 9.06. The molecule has 5 heteroatoms. The first kappa shape index (κ1) is 18.5. The van der Waals surface area contributed by atoms with Gasteiger partial charge in [0.25, 0.3) is 0 Å². The number of piperidine rings is 1. The molecule has 0 amide bonds. The highest BCUT2D eigenvalue weighted by molar-refractivity contribution is 5.58. The van der Waals surface area contributed by atoms with E-state index in [9.17, 15) is 8.78 Å². The van der Waals surface area contributed by atoms with Gasteiger partial charge in [-0.2, -0.15) is 0 Å². The van der Waals surface area contributed by atoms with Gasteiger partial charge in [0.05, 0.1) is 6.61 Å². The summed E-state index contributed by atoms with van der Waals surface area (Å²) in [5, 5.41) is 0. The molecule has 0 aliphatic carbocycles. The molecule has 3 nitrogen and oxygen atoms in total. The first-order valence-electron chi connectivity index (χ1n) is 9.06. The number of hydrogen-bond acceptors (Lipinski definition) is 3. The van der Waals surface area contributed by atoms with Crippen LogP contribution in [0.1, 0.15) is 29.5 Å². The van der Waals surface area contributed by atoms with E-state index in [0.717, 1.165) is 35.4 Å². The number of hydrogen-bond donors (Lipinski definition) is 1. The first-order chi connectivity index (χ1) is 12.4. The zero-order chi connectivity index (χ0) is 18.8. The summed E-state index contributed by atoms with van der Waals surface area (Å²) in [5.41, 5.74) is 9.52. The van der Waals surface area contributed by atoms with Gasteiger partial charge in [0.1, 0.15) is 23.1 Å². The van der Waals surface area contributed by atoms with Gasteiger partial charge < -0.3 is 15.4 Å². The third kappa shape index (κ3) is 3.76. The summed E-state index contributed by atoms with van der Waals surface area (Å²) in [5.74, 6) is 0.210. The molecule has 0 spiro atoms. The van der Waals surface area contributed by atoms with Crippen LogP contribution in [0.15, 0.2) is 24.3 Å². The molecule has 2 N–H and O–H groups in total. The van der Waals surface area contributed by atoms with Crippen LogP contribution < -0.4 is 15.4 Å². The highest BCUT2D eigenvalue weighted by atomic mass is 19.1. The molecule has 1 fully saturated rings. The van der Waals surface area contributed by atoms with Crippen LogP contribution in [0.4, 0.5) is 20.2 Å². The molecule has 2 aromatic carbocycles. The highest BCUT2D eigenvalue weighted by Gasteiger charge is 2.24. The molecule has 1 saturated heterocycles. The number of halogens is 2. The number of benzene rings is 2. The molecule has 1 aliphatic rings. The summed E-state index contributed by atoms with van der Waals surface area (Å²) in [6.07, 6.45) is 1.68. The number of nitrogen functional groups attached to an aromatic ring is 1. The number of anilines is 2. The minimum Gasteiger partial charge on any atom is -0.493 e. The monoisotopic (exact) mass is 360 g/mol. The van der Waals surface area contributed by atoms with Crippen molar-refractivity contribution in [2.75, 3.05) is 30.3 Å². The Hall–Kier alpha value is -2.30. The molecule has 0 unspecified atom stereocenters. The molecule has 0 saturated carbocycles. The van der Waals surface area contributed by atoms with Crippen LogP contribution in [0, 0.1) is 38.3 Å². The number of ether oxygens (including phenoxy) is 1. The van der Waals surface area contributed by atoms with E-state index in [0.29, 0.717) is 31.2 Å². The van der Waals surface area contributed by atoms with E-state index in [1.54, 1.807) is 11.8 Å². The van der Waals surface area contributed by atoms with Crippen LogP contribution in [0.2, 0.25) is 0 Å². The predicted octanol–water partition coefficient (Wildman–Crippen LogP) is 4.77. The lowest BCUT2D eigenvalue weighted by atomic mass is 9.97. The standard InChI is InChI=1S/C21H26F2N2O/c1-13-10-17(22)21(18(23)11-13)25-8-6-16(7-9-25)12-26-19-5-4-14(2)20(24)15(19)3/h4-5,10-11,16H,6-9,12,24H2,1-3H3. The van der Waals surface area contributed by atoms with Crippen molar-refractivity contribution in [1.82, 2.24) is 0 Å². The minimum atomic E-state index is -0.483. The summed E-state index contributed by atoms with van der Waals surface area (Å²) < 4.78 is 34.3. The number of rotatable bonds is 4. The Morgan fingerprint density at radius 2 is 1.69 bits per heavy atom. The van der Waals surface area contributed by atoms with Gasteiger partial charge in [-0.15, -0.1) is 0 Å². The topological polar surface area (TPSA) is 38.5 Å². The summed E-state index contributed by atoms with van der Waals surface area (Å²) in [6, 6.07) is 6.69. The zero-order valence-electron chi connectivity index (χ0n) is 15.6. The summed E-state index contributed by atoms with van der Waals surface area (Å²) >= 11 is 0. The second-order valence-corrected chi connectivity index (χ2v) is 7.24. The molecule has 1 heterocycles. The fourth-order valence-corrected chi connectivity index (χ4v) is 3.53. The van der Waals surface area contributed by atoms with Crippen molar-refractivity contribution in [3.05, 3.63) is 52.6 Å². The normalized spacial score (nSPS) is 15.3. The van der Waals surface area contributed by atoms with Crippen LogP contribution in [0.25, 0.3) is 0 Å². The van der Waals surface area contributed by atoms with Gasteiger partial charge in [0, 0.05) is 24.3 Å². The molecule has 3 rings (SSSR count). The SMILES string of the molecule is Cc1cc(F)c(N2CCC(COc3ccc(C)c(N)c3C)CC2)c(F)c1. The second-order valence-electron chi connectivity index (χ2n) is 7.24. The lowest BCUT2D eigenvalue weighted by molar-refractivity contribution is 0.221. The number of aryl methyl sites for hydroxylation is 2. The maximum Gasteiger partial charge on any atom is 0.149 e. The van der Waals surface area contributed by atoms with E-state index in [2.05, 4.69) is 0 Å². The fraction of sp³-hybridized carbons (Fsp3) is 0.429. The van der Waals surface area contributed by atoms with Crippen molar-refractivity contribution in [3.63, 3.8) is 0 Å². The third-order valence-corrected chi connectivity index (χ3v) is 5.25. The summed E-state index contributed by atoms with van der Waals surface area (Å²) in [7, 11) is 0. The van der Waals surface area contributed by atoms with Gasteiger partial charge in [0.15, 0.2) is 0 Å². The van der Waals surface area contributed by atoms with Gasteiger partial charge in [0.2, 0.25) is 0 Å². The van der Waals surface area contributed by atoms with Crippen molar-refractivity contribution in [2.45, 2.75) is 33.6 Å². The van der Waals surface area contributed by atoms with Gasteiger partial charge in [-0.3, -0.25) is 0 Å². The number of nitrogens with two attached hydrogens (primary N) is 1. The molecule has 0 aromatic heterocycles. The molecule has 0 bridgehead atoms. The molecular formula is C21H26F2N2O. The number of nitrogens with zero attached hydrogens (tertiary/aromatic N) is 1. The van der Waals surface area contributed by atoms with E-state index in [4.69, 9.17) is 10.5 Å². The van der Waals surface area contributed by atoms with E-state index in [-0.39, 0.29) is 5.69 Å². The van der Waals surface area contributed by atoms with Gasteiger partial charge in [-0.25, -0.2) is 8.78 Å². The Bertz CT molecular complexity index is 776. The van der Waals surface area contributed by atoms with Crippen molar-refractivity contribution < 1.29 is 13.5 Å². The summed E-state index contributed by atoms with van der Waals surface area (Å²) in [6.45, 7) is 7.48. The van der Waals surface area contributed by atoms with Crippen LogP contribution in [-0.4, -0.2) is 19.7 Å².